The van der Waals surface area contributed by atoms with Crippen LogP contribution < -0.4 is 0 Å². The summed E-state index contributed by atoms with van der Waals surface area (Å²) in [4.78, 5) is 25.9. The first kappa shape index (κ1) is 16.8. The summed E-state index contributed by atoms with van der Waals surface area (Å²) in [6.45, 7) is 1.99. The first-order valence-electron chi connectivity index (χ1n) is 6.55. The summed E-state index contributed by atoms with van der Waals surface area (Å²) in [5.41, 5.74) is 0.421. The Morgan fingerprint density at radius 2 is 2.05 bits per heavy atom. The van der Waals surface area contributed by atoms with Crippen molar-refractivity contribution >= 4 is 57.7 Å². The molecule has 0 spiro atoms. The van der Waals surface area contributed by atoms with Crippen molar-refractivity contribution in [2.45, 2.75) is 25.8 Å². The van der Waals surface area contributed by atoms with E-state index in [0.717, 1.165) is 12.8 Å². The molecule has 0 heterocycles. The minimum absolute atomic E-state index is 0.0441. The molecule has 1 aromatic carbocycles. The molecule has 0 radical (unpaired) electrons. The third-order valence-electron chi connectivity index (χ3n) is 3.08. The molecular formula is C14H14Cl2INO3. The Kier molecular flexibility index (Phi) is 5.73. The molecule has 0 bridgehead atoms. The standard InChI is InChI=1S/C14H14Cl2INO3/c1-2-21-12(19)7-18(9-3-4-9)14(20)10-5-8(15)6-11(16)13(10)17/h5-6,9H,2-4,7H2,1H3. The number of ether oxygens (including phenoxy) is 1. The molecule has 2 rings (SSSR count). The van der Waals surface area contributed by atoms with Crippen LogP contribution >= 0.6 is 45.8 Å². The molecule has 1 aromatic rings. The lowest BCUT2D eigenvalue weighted by Crippen LogP contribution is -2.38. The smallest absolute Gasteiger partial charge is 0.325 e. The lowest BCUT2D eigenvalue weighted by molar-refractivity contribution is -0.144. The molecule has 114 valence electrons. The van der Waals surface area contributed by atoms with E-state index >= 15 is 0 Å². The lowest BCUT2D eigenvalue weighted by Gasteiger charge is -2.22. The van der Waals surface area contributed by atoms with E-state index in [1.54, 1.807) is 24.0 Å². The number of amides is 1. The van der Waals surface area contributed by atoms with Gasteiger partial charge in [-0.25, -0.2) is 0 Å². The second kappa shape index (κ2) is 7.15. The fourth-order valence-corrected chi connectivity index (χ4v) is 3.00. The molecule has 0 N–H and O–H groups in total. The van der Waals surface area contributed by atoms with E-state index in [-0.39, 0.29) is 18.5 Å². The summed E-state index contributed by atoms with van der Waals surface area (Å²) in [6, 6.07) is 3.27. The van der Waals surface area contributed by atoms with Gasteiger partial charge < -0.3 is 9.64 Å². The van der Waals surface area contributed by atoms with Crippen LogP contribution in [-0.4, -0.2) is 36.0 Å². The lowest BCUT2D eigenvalue weighted by atomic mass is 10.2. The quantitative estimate of drug-likeness (QED) is 0.397. The average Bonchev–Trinajstić information content (AvgIpc) is 3.24. The Balaban J connectivity index is 2.25. The van der Waals surface area contributed by atoms with Gasteiger partial charge >= 0.3 is 5.97 Å². The number of esters is 1. The van der Waals surface area contributed by atoms with Gasteiger partial charge in [0.25, 0.3) is 5.91 Å². The van der Waals surface area contributed by atoms with Crippen LogP contribution in [0.25, 0.3) is 0 Å². The monoisotopic (exact) mass is 441 g/mol. The minimum atomic E-state index is -0.402. The summed E-state index contributed by atoms with van der Waals surface area (Å²) in [7, 11) is 0. The Morgan fingerprint density at radius 3 is 2.62 bits per heavy atom. The van der Waals surface area contributed by atoms with Crippen molar-refractivity contribution in [3.05, 3.63) is 31.3 Å². The Morgan fingerprint density at radius 1 is 1.38 bits per heavy atom. The van der Waals surface area contributed by atoms with Gasteiger partial charge in [-0.2, -0.15) is 0 Å². The molecule has 0 aliphatic heterocycles. The van der Waals surface area contributed by atoms with E-state index in [1.165, 1.54) is 0 Å². The van der Waals surface area contributed by atoms with Gasteiger partial charge in [-0.3, -0.25) is 9.59 Å². The summed E-state index contributed by atoms with van der Waals surface area (Å²) >= 11 is 14.0. The van der Waals surface area contributed by atoms with E-state index in [9.17, 15) is 9.59 Å². The van der Waals surface area contributed by atoms with Crippen LogP contribution in [-0.2, 0) is 9.53 Å². The summed E-state index contributed by atoms with van der Waals surface area (Å²) in [5, 5.41) is 0.828. The fraction of sp³-hybridized carbons (Fsp3) is 0.429. The van der Waals surface area contributed by atoms with Crippen molar-refractivity contribution in [1.29, 1.82) is 0 Å². The highest BCUT2D eigenvalue weighted by molar-refractivity contribution is 14.1. The van der Waals surface area contributed by atoms with E-state index in [2.05, 4.69) is 0 Å². The van der Waals surface area contributed by atoms with Crippen LogP contribution in [0.3, 0.4) is 0 Å². The van der Waals surface area contributed by atoms with Crippen LogP contribution in [0.5, 0.6) is 0 Å². The number of rotatable bonds is 5. The van der Waals surface area contributed by atoms with E-state index in [1.807, 2.05) is 22.6 Å². The highest BCUT2D eigenvalue weighted by atomic mass is 127. The topological polar surface area (TPSA) is 46.6 Å². The van der Waals surface area contributed by atoms with Crippen molar-refractivity contribution in [2.24, 2.45) is 0 Å². The van der Waals surface area contributed by atoms with Crippen molar-refractivity contribution in [3.63, 3.8) is 0 Å². The molecule has 21 heavy (non-hydrogen) atoms. The maximum atomic E-state index is 12.7. The van der Waals surface area contributed by atoms with Crippen LogP contribution in [0.4, 0.5) is 0 Å². The van der Waals surface area contributed by atoms with Crippen LogP contribution in [0.2, 0.25) is 10.0 Å². The number of nitrogens with zero attached hydrogens (tertiary/aromatic N) is 1. The van der Waals surface area contributed by atoms with E-state index in [0.29, 0.717) is 25.8 Å². The zero-order valence-electron chi connectivity index (χ0n) is 11.4. The van der Waals surface area contributed by atoms with Crippen LogP contribution in [0.15, 0.2) is 12.1 Å². The third-order valence-corrected chi connectivity index (χ3v) is 5.07. The van der Waals surface area contributed by atoms with Crippen LogP contribution in [0.1, 0.15) is 30.1 Å². The van der Waals surface area contributed by atoms with Crippen molar-refractivity contribution < 1.29 is 14.3 Å². The molecule has 1 aliphatic carbocycles. The fourth-order valence-electron chi connectivity index (χ4n) is 1.96. The van der Waals surface area contributed by atoms with Gasteiger partial charge in [-0.15, -0.1) is 0 Å². The zero-order valence-corrected chi connectivity index (χ0v) is 15.0. The predicted octanol–water partition coefficient (Wildman–Crippen LogP) is 3.77. The zero-order chi connectivity index (χ0) is 15.6. The van der Waals surface area contributed by atoms with E-state index in [4.69, 9.17) is 27.9 Å². The van der Waals surface area contributed by atoms with Crippen molar-refractivity contribution in [3.8, 4) is 0 Å². The Hall–Kier alpha value is -0.530. The predicted molar refractivity (Wildman–Crippen MR) is 89.9 cm³/mol. The second-order valence-corrected chi connectivity index (χ2v) is 6.64. The molecule has 1 saturated carbocycles. The van der Waals surface area contributed by atoms with Crippen molar-refractivity contribution in [1.82, 2.24) is 4.90 Å². The molecule has 1 amide bonds. The van der Waals surface area contributed by atoms with Crippen LogP contribution in [0, 0.1) is 3.57 Å². The number of carbonyl (C=O) groups is 2. The van der Waals surface area contributed by atoms with Gasteiger partial charge in [0.05, 0.1) is 17.2 Å². The Bertz CT molecular complexity index is 576. The summed E-state index contributed by atoms with van der Waals surface area (Å²) in [5.74, 6) is -0.639. The average molecular weight is 442 g/mol. The van der Waals surface area contributed by atoms with Gasteiger partial charge in [0.2, 0.25) is 0 Å². The van der Waals surface area contributed by atoms with Gasteiger partial charge in [0.15, 0.2) is 0 Å². The molecule has 4 nitrogen and oxygen atoms in total. The molecule has 0 aromatic heterocycles. The maximum absolute atomic E-state index is 12.7. The van der Waals surface area contributed by atoms with Gasteiger partial charge in [-0.1, -0.05) is 23.2 Å². The number of hydrogen-bond acceptors (Lipinski definition) is 3. The second-order valence-electron chi connectivity index (χ2n) is 4.72. The Labute approximate surface area is 146 Å². The first-order chi connectivity index (χ1) is 9.93. The third kappa shape index (κ3) is 4.23. The SMILES string of the molecule is CCOC(=O)CN(C(=O)c1cc(Cl)cc(Cl)c1I)C1CC1. The van der Waals surface area contributed by atoms with Gasteiger partial charge in [0, 0.05) is 14.6 Å². The number of hydrogen-bond donors (Lipinski definition) is 0. The maximum Gasteiger partial charge on any atom is 0.325 e. The molecule has 0 atom stereocenters. The number of halogens is 3. The number of benzene rings is 1. The minimum Gasteiger partial charge on any atom is -0.465 e. The van der Waals surface area contributed by atoms with Gasteiger partial charge in [0.1, 0.15) is 6.54 Å². The summed E-state index contributed by atoms with van der Waals surface area (Å²) in [6.07, 6.45) is 1.80. The van der Waals surface area contributed by atoms with Crippen molar-refractivity contribution in [2.75, 3.05) is 13.2 Å². The molecule has 0 unspecified atom stereocenters. The highest BCUT2D eigenvalue weighted by Gasteiger charge is 2.35. The molecule has 1 aliphatic rings. The summed E-state index contributed by atoms with van der Waals surface area (Å²) < 4.78 is 5.56. The molecule has 7 heteroatoms. The largest absolute Gasteiger partial charge is 0.465 e. The van der Waals surface area contributed by atoms with E-state index < -0.39 is 5.97 Å². The molecule has 0 saturated heterocycles. The number of carbonyl (C=O) groups excluding carboxylic acids is 2. The highest BCUT2D eigenvalue weighted by Crippen LogP contribution is 2.32. The normalized spacial score (nSPS) is 13.9. The molecule has 1 fully saturated rings. The molecular weight excluding hydrogens is 428 g/mol. The first-order valence-corrected chi connectivity index (χ1v) is 8.38. The van der Waals surface area contributed by atoms with Gasteiger partial charge in [-0.05, 0) is 54.5 Å².